The topological polar surface area (TPSA) is 32.3 Å². The number of amides is 1. The quantitative estimate of drug-likeness (QED) is 0.865. The van der Waals surface area contributed by atoms with E-state index >= 15 is 0 Å². The Bertz CT molecular complexity index is 361. The van der Waals surface area contributed by atoms with E-state index in [1.165, 1.54) is 38.5 Å². The average Bonchev–Trinajstić information content (AvgIpc) is 3.16. The van der Waals surface area contributed by atoms with Crippen LogP contribution in [0.25, 0.3) is 0 Å². The molecule has 3 rings (SSSR count). The average molecular weight is 296 g/mol. The van der Waals surface area contributed by atoms with E-state index in [9.17, 15) is 4.79 Å². The Labute approximate surface area is 127 Å². The number of rotatable bonds is 4. The predicted molar refractivity (Wildman–Crippen MR) is 84.8 cm³/mol. The smallest absolute Gasteiger partial charge is 0.244 e. The van der Waals surface area contributed by atoms with Gasteiger partial charge in [0, 0.05) is 11.8 Å². The second-order valence-electron chi connectivity index (χ2n) is 6.93. The van der Waals surface area contributed by atoms with Crippen molar-refractivity contribution < 1.29 is 4.79 Å². The van der Waals surface area contributed by atoms with Crippen molar-refractivity contribution in [3.05, 3.63) is 0 Å². The standard InChI is InChI=1S/C16H28N2OS/c1-12(20-2)11-18-14(13-7-3-4-8-13)17-16(15(18)19)9-5-6-10-16/h12-14,17H,3-11H2,1-2H3. The molecular formula is C16H28N2OS. The molecule has 0 radical (unpaired) electrons. The molecule has 0 aromatic heterocycles. The van der Waals surface area contributed by atoms with Crippen LogP contribution in [0.4, 0.5) is 0 Å². The van der Waals surface area contributed by atoms with Crippen molar-refractivity contribution >= 4 is 17.7 Å². The summed E-state index contributed by atoms with van der Waals surface area (Å²) in [6, 6.07) is 0. The van der Waals surface area contributed by atoms with Crippen LogP contribution in [0.3, 0.4) is 0 Å². The van der Waals surface area contributed by atoms with Gasteiger partial charge in [0.1, 0.15) is 0 Å². The number of hydrogen-bond donors (Lipinski definition) is 1. The van der Waals surface area contributed by atoms with Gasteiger partial charge in [0.25, 0.3) is 0 Å². The van der Waals surface area contributed by atoms with Gasteiger partial charge in [-0.25, -0.2) is 0 Å². The van der Waals surface area contributed by atoms with Crippen LogP contribution in [-0.4, -0.2) is 40.6 Å². The van der Waals surface area contributed by atoms with Crippen molar-refractivity contribution in [1.82, 2.24) is 10.2 Å². The summed E-state index contributed by atoms with van der Waals surface area (Å²) < 4.78 is 0. The van der Waals surface area contributed by atoms with Gasteiger partial charge in [-0.3, -0.25) is 10.1 Å². The van der Waals surface area contributed by atoms with Gasteiger partial charge in [0.15, 0.2) is 0 Å². The first kappa shape index (κ1) is 14.7. The maximum atomic E-state index is 13.0. The Kier molecular flexibility index (Phi) is 4.32. The van der Waals surface area contributed by atoms with Crippen molar-refractivity contribution in [2.24, 2.45) is 5.92 Å². The van der Waals surface area contributed by atoms with Gasteiger partial charge in [-0.2, -0.15) is 11.8 Å². The second kappa shape index (κ2) is 5.88. The summed E-state index contributed by atoms with van der Waals surface area (Å²) in [6.07, 6.45) is 12.3. The van der Waals surface area contributed by atoms with Crippen LogP contribution in [-0.2, 0) is 4.79 Å². The molecular weight excluding hydrogens is 268 g/mol. The fourth-order valence-corrected chi connectivity index (χ4v) is 4.66. The molecule has 2 atom stereocenters. The van der Waals surface area contributed by atoms with Crippen LogP contribution >= 0.6 is 11.8 Å². The Hall–Kier alpha value is -0.220. The molecule has 1 N–H and O–H groups in total. The van der Waals surface area contributed by atoms with E-state index < -0.39 is 0 Å². The molecule has 1 saturated heterocycles. The summed E-state index contributed by atoms with van der Waals surface area (Å²) in [5, 5.41) is 4.33. The monoisotopic (exact) mass is 296 g/mol. The van der Waals surface area contributed by atoms with E-state index in [0.29, 0.717) is 23.2 Å². The zero-order valence-electron chi connectivity index (χ0n) is 12.9. The van der Waals surface area contributed by atoms with Crippen LogP contribution in [0, 0.1) is 5.92 Å². The van der Waals surface area contributed by atoms with Gasteiger partial charge < -0.3 is 4.90 Å². The van der Waals surface area contributed by atoms with Gasteiger partial charge in [-0.05, 0) is 37.9 Å². The minimum atomic E-state index is -0.189. The van der Waals surface area contributed by atoms with Crippen LogP contribution in [0.1, 0.15) is 58.3 Å². The Morgan fingerprint density at radius 2 is 1.95 bits per heavy atom. The molecule has 3 fully saturated rings. The first-order valence-corrected chi connectivity index (χ1v) is 9.57. The van der Waals surface area contributed by atoms with Crippen molar-refractivity contribution in [3.63, 3.8) is 0 Å². The summed E-state index contributed by atoms with van der Waals surface area (Å²) in [5.41, 5.74) is -0.189. The van der Waals surface area contributed by atoms with Crippen LogP contribution in [0.2, 0.25) is 0 Å². The minimum Gasteiger partial charge on any atom is -0.324 e. The first-order chi connectivity index (χ1) is 9.66. The van der Waals surface area contributed by atoms with Gasteiger partial charge in [0.05, 0.1) is 11.7 Å². The van der Waals surface area contributed by atoms with E-state index in [-0.39, 0.29) is 5.54 Å². The fraction of sp³-hybridized carbons (Fsp3) is 0.938. The van der Waals surface area contributed by atoms with Gasteiger partial charge in [-0.1, -0.05) is 32.6 Å². The third-order valence-electron chi connectivity index (χ3n) is 5.59. The van der Waals surface area contributed by atoms with Gasteiger partial charge in [0.2, 0.25) is 5.91 Å². The molecule has 114 valence electrons. The summed E-state index contributed by atoms with van der Waals surface area (Å²) >= 11 is 1.87. The minimum absolute atomic E-state index is 0.189. The third kappa shape index (κ3) is 2.50. The summed E-state index contributed by atoms with van der Waals surface area (Å²) in [6.45, 7) is 3.15. The predicted octanol–water partition coefficient (Wildman–Crippen LogP) is 3.00. The second-order valence-corrected chi connectivity index (χ2v) is 8.20. The van der Waals surface area contributed by atoms with Crippen LogP contribution < -0.4 is 5.32 Å². The molecule has 2 unspecified atom stereocenters. The Morgan fingerprint density at radius 1 is 1.30 bits per heavy atom. The Balaban J connectivity index is 1.79. The first-order valence-electron chi connectivity index (χ1n) is 8.28. The maximum absolute atomic E-state index is 13.0. The molecule has 0 aromatic rings. The molecule has 1 heterocycles. The molecule has 2 aliphatic carbocycles. The highest BCUT2D eigenvalue weighted by Gasteiger charge is 2.54. The van der Waals surface area contributed by atoms with E-state index in [1.807, 2.05) is 11.8 Å². The molecule has 1 aliphatic heterocycles. The highest BCUT2D eigenvalue weighted by atomic mass is 32.2. The van der Waals surface area contributed by atoms with Crippen molar-refractivity contribution in [2.45, 2.75) is 75.2 Å². The highest BCUT2D eigenvalue weighted by molar-refractivity contribution is 7.99. The van der Waals surface area contributed by atoms with E-state index in [0.717, 1.165) is 19.4 Å². The normalized spacial score (nSPS) is 31.6. The van der Waals surface area contributed by atoms with Crippen molar-refractivity contribution in [3.8, 4) is 0 Å². The van der Waals surface area contributed by atoms with E-state index in [4.69, 9.17) is 0 Å². The van der Waals surface area contributed by atoms with Crippen molar-refractivity contribution in [1.29, 1.82) is 0 Å². The lowest BCUT2D eigenvalue weighted by Gasteiger charge is -2.30. The van der Waals surface area contributed by atoms with Gasteiger partial charge in [-0.15, -0.1) is 0 Å². The molecule has 20 heavy (non-hydrogen) atoms. The zero-order valence-corrected chi connectivity index (χ0v) is 13.7. The zero-order chi connectivity index (χ0) is 14.2. The lowest BCUT2D eigenvalue weighted by Crippen LogP contribution is -2.46. The molecule has 4 heteroatoms. The number of nitrogens with one attached hydrogen (secondary N) is 1. The molecule has 3 aliphatic rings. The summed E-state index contributed by atoms with van der Waals surface area (Å²) in [7, 11) is 0. The van der Waals surface area contributed by atoms with Crippen LogP contribution in [0.15, 0.2) is 0 Å². The maximum Gasteiger partial charge on any atom is 0.244 e. The number of hydrogen-bond acceptors (Lipinski definition) is 3. The number of nitrogens with zero attached hydrogens (tertiary/aromatic N) is 1. The lowest BCUT2D eigenvalue weighted by atomic mass is 9.97. The molecule has 1 amide bonds. The van der Waals surface area contributed by atoms with Crippen LogP contribution in [0.5, 0.6) is 0 Å². The third-order valence-corrected chi connectivity index (χ3v) is 6.54. The number of thioether (sulfide) groups is 1. The summed E-state index contributed by atoms with van der Waals surface area (Å²) in [5.74, 6) is 1.10. The number of carbonyl (C=O) groups is 1. The molecule has 3 nitrogen and oxygen atoms in total. The molecule has 1 spiro atoms. The summed E-state index contributed by atoms with van der Waals surface area (Å²) in [4.78, 5) is 15.2. The van der Waals surface area contributed by atoms with Gasteiger partial charge >= 0.3 is 0 Å². The molecule has 0 bridgehead atoms. The largest absolute Gasteiger partial charge is 0.324 e. The van der Waals surface area contributed by atoms with E-state index in [1.54, 1.807) is 0 Å². The fourth-order valence-electron chi connectivity index (χ4n) is 4.35. The lowest BCUT2D eigenvalue weighted by molar-refractivity contribution is -0.133. The molecule has 2 saturated carbocycles. The molecule has 0 aromatic carbocycles. The SMILES string of the molecule is CSC(C)CN1C(=O)C2(CCCC2)NC1C1CCCC1. The highest BCUT2D eigenvalue weighted by Crippen LogP contribution is 2.41. The Morgan fingerprint density at radius 3 is 2.55 bits per heavy atom. The van der Waals surface area contributed by atoms with E-state index in [2.05, 4.69) is 23.4 Å². The van der Waals surface area contributed by atoms with Crippen molar-refractivity contribution in [2.75, 3.05) is 12.8 Å². The number of carbonyl (C=O) groups excluding carboxylic acids is 1.